The first-order chi connectivity index (χ1) is 10.2. The van der Waals surface area contributed by atoms with Gasteiger partial charge in [-0.25, -0.2) is 0 Å². The maximum absolute atomic E-state index is 4.83. The van der Waals surface area contributed by atoms with Crippen molar-refractivity contribution in [3.8, 4) is 0 Å². The highest BCUT2D eigenvalue weighted by molar-refractivity contribution is 7.99. The van der Waals surface area contributed by atoms with E-state index in [0.717, 1.165) is 19.6 Å². The molecule has 1 heterocycles. The van der Waals surface area contributed by atoms with Gasteiger partial charge in [-0.15, -0.1) is 0 Å². The van der Waals surface area contributed by atoms with E-state index >= 15 is 0 Å². The Hall–Kier alpha value is -1.00. The van der Waals surface area contributed by atoms with Gasteiger partial charge in [0.05, 0.1) is 11.2 Å². The molecule has 0 unspecified atom stereocenters. The van der Waals surface area contributed by atoms with Gasteiger partial charge in [-0.3, -0.25) is 4.68 Å². The molecule has 116 valence electrons. The van der Waals surface area contributed by atoms with Gasteiger partial charge >= 0.3 is 0 Å². The summed E-state index contributed by atoms with van der Waals surface area (Å²) in [4.78, 5) is 0. The molecule has 0 radical (unpaired) electrons. The first-order valence-corrected chi connectivity index (χ1v) is 9.10. The second-order valence-electron chi connectivity index (χ2n) is 5.76. The van der Waals surface area contributed by atoms with Gasteiger partial charge in [0, 0.05) is 18.5 Å². The highest BCUT2D eigenvalue weighted by atomic mass is 32.2. The number of fused-ring (bicyclic) bond motifs is 1. The van der Waals surface area contributed by atoms with E-state index in [4.69, 9.17) is 5.10 Å². The summed E-state index contributed by atoms with van der Waals surface area (Å²) >= 11 is 2.00. The van der Waals surface area contributed by atoms with Gasteiger partial charge in [0.25, 0.3) is 0 Å². The number of nitrogens with one attached hydrogen (secondary N) is 1. The lowest BCUT2D eigenvalue weighted by Gasteiger charge is -2.05. The van der Waals surface area contributed by atoms with E-state index < -0.39 is 0 Å². The van der Waals surface area contributed by atoms with Crippen LogP contribution in [0.5, 0.6) is 0 Å². The molecule has 0 atom stereocenters. The number of aromatic nitrogens is 2. The third kappa shape index (κ3) is 4.75. The minimum absolute atomic E-state index is 0.671. The summed E-state index contributed by atoms with van der Waals surface area (Å²) < 4.78 is 2.18. The van der Waals surface area contributed by atoms with Gasteiger partial charge in [-0.1, -0.05) is 39.0 Å². The zero-order chi connectivity index (χ0) is 15.1. The first kappa shape index (κ1) is 16.4. The Morgan fingerprint density at radius 2 is 2.10 bits per heavy atom. The number of nitrogens with zero attached hydrogens (tertiary/aromatic N) is 2. The highest BCUT2D eigenvalue weighted by Crippen LogP contribution is 2.19. The number of thioether (sulfide) groups is 1. The predicted molar refractivity (Wildman–Crippen MR) is 93.9 cm³/mol. The summed E-state index contributed by atoms with van der Waals surface area (Å²) in [6.07, 6.45) is 1.18. The van der Waals surface area contributed by atoms with E-state index in [-0.39, 0.29) is 0 Å². The maximum Gasteiger partial charge on any atom is 0.0841 e. The van der Waals surface area contributed by atoms with Crippen LogP contribution >= 0.6 is 11.8 Å². The average Bonchev–Trinajstić information content (AvgIpc) is 2.82. The van der Waals surface area contributed by atoms with Gasteiger partial charge in [0.15, 0.2) is 0 Å². The van der Waals surface area contributed by atoms with Crippen LogP contribution in [0.3, 0.4) is 0 Å². The summed E-state index contributed by atoms with van der Waals surface area (Å²) in [7, 11) is 0. The van der Waals surface area contributed by atoms with Gasteiger partial charge in [-0.2, -0.15) is 16.9 Å². The summed E-state index contributed by atoms with van der Waals surface area (Å²) in [6.45, 7) is 9.58. The Morgan fingerprint density at radius 1 is 1.29 bits per heavy atom. The second kappa shape index (κ2) is 8.44. The van der Waals surface area contributed by atoms with Gasteiger partial charge in [-0.05, 0) is 36.5 Å². The van der Waals surface area contributed by atoms with Crippen molar-refractivity contribution >= 4 is 22.7 Å². The van der Waals surface area contributed by atoms with Crippen LogP contribution in [-0.2, 0) is 13.1 Å². The van der Waals surface area contributed by atoms with Crippen LogP contribution in [-0.4, -0.2) is 27.8 Å². The van der Waals surface area contributed by atoms with E-state index in [1.54, 1.807) is 0 Å². The topological polar surface area (TPSA) is 29.9 Å². The zero-order valence-corrected chi connectivity index (χ0v) is 14.2. The lowest BCUT2D eigenvalue weighted by atomic mass is 10.2. The molecule has 0 aliphatic carbocycles. The monoisotopic (exact) mass is 305 g/mol. The van der Waals surface area contributed by atoms with Crippen LogP contribution in [0.1, 0.15) is 32.9 Å². The summed E-state index contributed by atoms with van der Waals surface area (Å²) in [5, 5.41) is 9.62. The molecule has 4 heteroatoms. The number of benzene rings is 1. The molecular formula is C17H27N3S. The molecule has 3 nitrogen and oxygen atoms in total. The fraction of sp³-hybridized carbons (Fsp3) is 0.588. The van der Waals surface area contributed by atoms with Gasteiger partial charge in [0.2, 0.25) is 0 Å². The zero-order valence-electron chi connectivity index (χ0n) is 13.4. The van der Waals surface area contributed by atoms with E-state index in [1.165, 1.54) is 34.5 Å². The van der Waals surface area contributed by atoms with Crippen LogP contribution < -0.4 is 5.32 Å². The van der Waals surface area contributed by atoms with Crippen molar-refractivity contribution in [2.24, 2.45) is 5.92 Å². The van der Waals surface area contributed by atoms with Crippen molar-refractivity contribution in [3.05, 3.63) is 30.0 Å². The number of hydrogen-bond acceptors (Lipinski definition) is 3. The molecule has 0 bridgehead atoms. The van der Waals surface area contributed by atoms with Crippen molar-refractivity contribution in [1.29, 1.82) is 0 Å². The fourth-order valence-corrected chi connectivity index (χ4v) is 3.06. The van der Waals surface area contributed by atoms with Gasteiger partial charge in [0.1, 0.15) is 0 Å². The van der Waals surface area contributed by atoms with Crippen molar-refractivity contribution in [1.82, 2.24) is 15.1 Å². The third-order valence-corrected chi connectivity index (χ3v) is 4.43. The summed E-state index contributed by atoms with van der Waals surface area (Å²) in [6, 6.07) is 8.58. The molecule has 1 aromatic carbocycles. The molecule has 2 aromatic rings. The largest absolute Gasteiger partial charge is 0.311 e. The molecule has 0 saturated heterocycles. The second-order valence-corrected chi connectivity index (χ2v) is 7.16. The minimum atomic E-state index is 0.671. The number of hydrogen-bond donors (Lipinski definition) is 1. The van der Waals surface area contributed by atoms with E-state index in [0.29, 0.717) is 5.92 Å². The molecule has 0 saturated carbocycles. The van der Waals surface area contributed by atoms with Crippen molar-refractivity contribution < 1.29 is 0 Å². The molecule has 2 rings (SSSR count). The first-order valence-electron chi connectivity index (χ1n) is 7.95. The SMILES string of the molecule is CCSCCCn1nc(CNCC(C)C)c2ccccc21. The van der Waals surface area contributed by atoms with E-state index in [2.05, 4.69) is 55.0 Å². The molecule has 1 aromatic heterocycles. The smallest absolute Gasteiger partial charge is 0.0841 e. The molecule has 21 heavy (non-hydrogen) atoms. The number of para-hydroxylation sites is 1. The number of aryl methyl sites for hydroxylation is 1. The number of rotatable bonds is 9. The third-order valence-electron chi connectivity index (χ3n) is 3.44. The lowest BCUT2D eigenvalue weighted by Crippen LogP contribution is -2.19. The van der Waals surface area contributed by atoms with Crippen molar-refractivity contribution in [2.45, 2.75) is 40.3 Å². The van der Waals surface area contributed by atoms with Crippen molar-refractivity contribution in [2.75, 3.05) is 18.1 Å². The quantitative estimate of drug-likeness (QED) is 0.712. The van der Waals surface area contributed by atoms with Crippen LogP contribution in [0.2, 0.25) is 0 Å². The molecule has 0 fully saturated rings. The Labute approximate surface area is 132 Å². The standard InChI is InChI=1S/C17H27N3S/c1-4-21-11-7-10-20-17-9-6-5-8-15(17)16(19-20)13-18-12-14(2)3/h5-6,8-9,14,18H,4,7,10-13H2,1-3H3. The Morgan fingerprint density at radius 3 is 2.86 bits per heavy atom. The maximum atomic E-state index is 4.83. The predicted octanol–water partition coefficient (Wildman–Crippen LogP) is 3.93. The van der Waals surface area contributed by atoms with Crippen LogP contribution in [0, 0.1) is 5.92 Å². The van der Waals surface area contributed by atoms with Crippen LogP contribution in [0.25, 0.3) is 10.9 Å². The molecular weight excluding hydrogens is 278 g/mol. The summed E-state index contributed by atoms with van der Waals surface area (Å²) in [5.74, 6) is 3.08. The molecule has 0 amide bonds. The van der Waals surface area contributed by atoms with Crippen LogP contribution in [0.4, 0.5) is 0 Å². The normalized spacial score (nSPS) is 11.6. The Balaban J connectivity index is 2.06. The highest BCUT2D eigenvalue weighted by Gasteiger charge is 2.09. The Kier molecular flexibility index (Phi) is 6.58. The Bertz CT molecular complexity index is 548. The summed E-state index contributed by atoms with van der Waals surface area (Å²) in [5.41, 5.74) is 2.44. The lowest BCUT2D eigenvalue weighted by molar-refractivity contribution is 0.540. The van der Waals surface area contributed by atoms with Crippen LogP contribution in [0.15, 0.2) is 24.3 Å². The fourth-order valence-electron chi connectivity index (χ4n) is 2.44. The molecule has 1 N–H and O–H groups in total. The minimum Gasteiger partial charge on any atom is -0.311 e. The molecule has 0 aliphatic rings. The molecule has 0 aliphatic heterocycles. The molecule has 0 spiro atoms. The average molecular weight is 305 g/mol. The van der Waals surface area contributed by atoms with E-state index in [1.807, 2.05) is 11.8 Å². The van der Waals surface area contributed by atoms with E-state index in [9.17, 15) is 0 Å². The van der Waals surface area contributed by atoms with Crippen molar-refractivity contribution in [3.63, 3.8) is 0 Å². The van der Waals surface area contributed by atoms with Gasteiger partial charge < -0.3 is 5.32 Å².